The number of rotatable bonds is 3. The molecule has 1 saturated heterocycles. The molecule has 1 aliphatic rings. The molecule has 0 aliphatic carbocycles. The third-order valence-electron chi connectivity index (χ3n) is 3.94. The molecule has 0 saturated carbocycles. The summed E-state index contributed by atoms with van der Waals surface area (Å²) in [7, 11) is 0. The van der Waals surface area contributed by atoms with Gasteiger partial charge in [-0.25, -0.2) is 0 Å². The Balaban J connectivity index is 1.91. The largest absolute Gasteiger partial charge is 0.384 e. The number of aliphatic hydroxyl groups is 1. The summed E-state index contributed by atoms with van der Waals surface area (Å²) < 4.78 is 0. The zero-order valence-corrected chi connectivity index (χ0v) is 12.6. The molecule has 1 amide bonds. The number of aliphatic hydroxyl groups excluding tert-OH is 1. The van der Waals surface area contributed by atoms with Gasteiger partial charge in [-0.1, -0.05) is 23.8 Å². The first kappa shape index (κ1) is 15.0. The third-order valence-corrected chi connectivity index (χ3v) is 3.94. The SMILES string of the molecule is Cc1ccc(C)c(CN2CCN(C(=O)C(C)O)CC2)c1. The molecule has 1 aromatic carbocycles. The van der Waals surface area contributed by atoms with E-state index in [9.17, 15) is 9.90 Å². The molecular weight excluding hydrogens is 252 g/mol. The molecule has 4 heteroatoms. The molecule has 2 rings (SSSR count). The first-order chi connectivity index (χ1) is 9.47. The van der Waals surface area contributed by atoms with Crippen molar-refractivity contribution in [3.63, 3.8) is 0 Å². The van der Waals surface area contributed by atoms with E-state index in [1.165, 1.54) is 23.6 Å². The minimum atomic E-state index is -0.888. The summed E-state index contributed by atoms with van der Waals surface area (Å²) in [6.45, 7) is 9.86. The average Bonchev–Trinajstić information content (AvgIpc) is 2.43. The second-order valence-electron chi connectivity index (χ2n) is 5.71. The molecule has 0 spiro atoms. The van der Waals surface area contributed by atoms with Gasteiger partial charge < -0.3 is 10.0 Å². The van der Waals surface area contributed by atoms with Crippen molar-refractivity contribution >= 4 is 5.91 Å². The first-order valence-corrected chi connectivity index (χ1v) is 7.22. The van der Waals surface area contributed by atoms with E-state index < -0.39 is 6.10 Å². The van der Waals surface area contributed by atoms with Crippen molar-refractivity contribution in [1.82, 2.24) is 9.80 Å². The van der Waals surface area contributed by atoms with Gasteiger partial charge in [-0.2, -0.15) is 0 Å². The van der Waals surface area contributed by atoms with E-state index in [-0.39, 0.29) is 5.91 Å². The summed E-state index contributed by atoms with van der Waals surface area (Å²) in [5, 5.41) is 9.34. The van der Waals surface area contributed by atoms with Crippen molar-refractivity contribution in [1.29, 1.82) is 0 Å². The minimum absolute atomic E-state index is 0.156. The lowest BCUT2D eigenvalue weighted by Gasteiger charge is -2.35. The molecule has 1 unspecified atom stereocenters. The lowest BCUT2D eigenvalue weighted by Crippen LogP contribution is -2.50. The van der Waals surface area contributed by atoms with Crippen LogP contribution >= 0.6 is 0 Å². The van der Waals surface area contributed by atoms with Crippen molar-refractivity contribution in [2.75, 3.05) is 26.2 Å². The molecule has 1 aliphatic heterocycles. The van der Waals surface area contributed by atoms with Crippen molar-refractivity contribution in [3.8, 4) is 0 Å². The van der Waals surface area contributed by atoms with Gasteiger partial charge in [0.25, 0.3) is 5.91 Å². The number of hydrogen-bond donors (Lipinski definition) is 1. The Kier molecular flexibility index (Phi) is 4.78. The van der Waals surface area contributed by atoms with Crippen LogP contribution in [0.4, 0.5) is 0 Å². The minimum Gasteiger partial charge on any atom is -0.384 e. The van der Waals surface area contributed by atoms with Crippen molar-refractivity contribution in [2.24, 2.45) is 0 Å². The fraction of sp³-hybridized carbons (Fsp3) is 0.562. The predicted octanol–water partition coefficient (Wildman–Crippen LogP) is 1.33. The highest BCUT2D eigenvalue weighted by atomic mass is 16.3. The monoisotopic (exact) mass is 276 g/mol. The lowest BCUT2D eigenvalue weighted by molar-refractivity contribution is -0.141. The van der Waals surface area contributed by atoms with Gasteiger partial charge in [0.05, 0.1) is 0 Å². The van der Waals surface area contributed by atoms with Crippen LogP contribution in [0.1, 0.15) is 23.6 Å². The maximum absolute atomic E-state index is 11.7. The van der Waals surface area contributed by atoms with E-state index in [0.717, 1.165) is 19.6 Å². The Morgan fingerprint density at radius 3 is 2.50 bits per heavy atom. The van der Waals surface area contributed by atoms with E-state index in [4.69, 9.17) is 0 Å². The molecule has 0 radical (unpaired) electrons. The van der Waals surface area contributed by atoms with Gasteiger partial charge >= 0.3 is 0 Å². The molecule has 1 fully saturated rings. The van der Waals surface area contributed by atoms with Crippen LogP contribution in [-0.2, 0) is 11.3 Å². The zero-order chi connectivity index (χ0) is 14.7. The van der Waals surface area contributed by atoms with Crippen LogP contribution in [0.15, 0.2) is 18.2 Å². The van der Waals surface area contributed by atoms with E-state index in [1.54, 1.807) is 4.90 Å². The number of carbonyl (C=O) groups is 1. The number of hydrogen-bond acceptors (Lipinski definition) is 3. The highest BCUT2D eigenvalue weighted by molar-refractivity contribution is 5.80. The summed E-state index contributed by atoms with van der Waals surface area (Å²) in [6, 6.07) is 6.54. The number of benzene rings is 1. The Morgan fingerprint density at radius 2 is 1.90 bits per heavy atom. The maximum Gasteiger partial charge on any atom is 0.251 e. The molecule has 20 heavy (non-hydrogen) atoms. The summed E-state index contributed by atoms with van der Waals surface area (Å²) in [5.41, 5.74) is 3.96. The first-order valence-electron chi connectivity index (χ1n) is 7.22. The Bertz CT molecular complexity index is 477. The molecule has 1 N–H and O–H groups in total. The normalized spacial score (nSPS) is 18.1. The lowest BCUT2D eigenvalue weighted by atomic mass is 10.0. The zero-order valence-electron chi connectivity index (χ0n) is 12.6. The highest BCUT2D eigenvalue weighted by Gasteiger charge is 2.23. The van der Waals surface area contributed by atoms with Crippen molar-refractivity contribution in [3.05, 3.63) is 34.9 Å². The summed E-state index contributed by atoms with van der Waals surface area (Å²) in [6.07, 6.45) is -0.888. The van der Waals surface area contributed by atoms with Gasteiger partial charge in [-0.05, 0) is 31.9 Å². The fourth-order valence-electron chi connectivity index (χ4n) is 2.60. The molecule has 1 atom stereocenters. The predicted molar refractivity (Wildman–Crippen MR) is 79.5 cm³/mol. The van der Waals surface area contributed by atoms with Gasteiger partial charge in [0.15, 0.2) is 0 Å². The van der Waals surface area contributed by atoms with Crippen LogP contribution in [0, 0.1) is 13.8 Å². The molecular formula is C16H24N2O2. The molecule has 0 aromatic heterocycles. The van der Waals surface area contributed by atoms with Gasteiger partial charge in [-0.15, -0.1) is 0 Å². The Hall–Kier alpha value is -1.39. The van der Waals surface area contributed by atoms with Crippen LogP contribution in [0.25, 0.3) is 0 Å². The second-order valence-corrected chi connectivity index (χ2v) is 5.71. The number of carbonyl (C=O) groups excluding carboxylic acids is 1. The average molecular weight is 276 g/mol. The van der Waals surface area contributed by atoms with Crippen molar-refractivity contribution < 1.29 is 9.90 Å². The van der Waals surface area contributed by atoms with E-state index in [0.29, 0.717) is 13.1 Å². The molecule has 1 aromatic rings. The van der Waals surface area contributed by atoms with Crippen molar-refractivity contribution in [2.45, 2.75) is 33.4 Å². The third kappa shape index (κ3) is 3.58. The van der Waals surface area contributed by atoms with Gasteiger partial charge in [0, 0.05) is 32.7 Å². The molecule has 110 valence electrons. The quantitative estimate of drug-likeness (QED) is 0.906. The smallest absolute Gasteiger partial charge is 0.251 e. The van der Waals surface area contributed by atoms with Gasteiger partial charge in [-0.3, -0.25) is 9.69 Å². The van der Waals surface area contributed by atoms with Crippen LogP contribution in [0.2, 0.25) is 0 Å². The van der Waals surface area contributed by atoms with Crippen LogP contribution < -0.4 is 0 Å². The van der Waals surface area contributed by atoms with E-state index >= 15 is 0 Å². The van der Waals surface area contributed by atoms with Gasteiger partial charge in [0.1, 0.15) is 6.10 Å². The maximum atomic E-state index is 11.7. The van der Waals surface area contributed by atoms with E-state index in [2.05, 4.69) is 36.9 Å². The van der Waals surface area contributed by atoms with Crippen LogP contribution in [0.3, 0.4) is 0 Å². The number of nitrogens with zero attached hydrogens (tertiary/aromatic N) is 2. The topological polar surface area (TPSA) is 43.8 Å². The second kappa shape index (κ2) is 6.37. The van der Waals surface area contributed by atoms with E-state index in [1.807, 2.05) is 0 Å². The van der Waals surface area contributed by atoms with Crippen LogP contribution in [-0.4, -0.2) is 53.1 Å². The highest BCUT2D eigenvalue weighted by Crippen LogP contribution is 2.15. The molecule has 4 nitrogen and oxygen atoms in total. The van der Waals surface area contributed by atoms with Gasteiger partial charge in [0.2, 0.25) is 0 Å². The number of piperazine rings is 1. The number of amides is 1. The summed E-state index contributed by atoms with van der Waals surface area (Å²) >= 11 is 0. The summed E-state index contributed by atoms with van der Waals surface area (Å²) in [4.78, 5) is 15.8. The molecule has 1 heterocycles. The molecule has 0 bridgehead atoms. The number of aryl methyl sites for hydroxylation is 2. The van der Waals surface area contributed by atoms with Crippen LogP contribution in [0.5, 0.6) is 0 Å². The fourth-order valence-corrected chi connectivity index (χ4v) is 2.60. The summed E-state index contributed by atoms with van der Waals surface area (Å²) in [5.74, 6) is -0.156. The Labute approximate surface area is 121 Å². The Morgan fingerprint density at radius 1 is 1.25 bits per heavy atom. The standard InChI is InChI=1S/C16H24N2O2/c1-12-4-5-13(2)15(10-12)11-17-6-8-18(9-7-17)16(20)14(3)19/h4-5,10,14,19H,6-9,11H2,1-3H3.